The molecule has 0 saturated carbocycles. The van der Waals surface area contributed by atoms with Gasteiger partial charge in [0.2, 0.25) is 0 Å². The monoisotopic (exact) mass is 571 g/mol. The molecule has 0 aliphatic rings. The summed E-state index contributed by atoms with van der Waals surface area (Å²) in [7, 11) is 0. The number of furan rings is 1. The van der Waals surface area contributed by atoms with E-state index < -0.39 is 11.7 Å². The van der Waals surface area contributed by atoms with Crippen LogP contribution in [0.25, 0.3) is 0 Å². The second-order valence-corrected chi connectivity index (χ2v) is 7.99. The van der Waals surface area contributed by atoms with Crippen LogP contribution in [0.1, 0.15) is 43.8 Å². The maximum atomic E-state index is 11.8. The normalized spacial score (nSPS) is 11.2. The van der Waals surface area contributed by atoms with E-state index in [0.717, 1.165) is 18.5 Å². The molecule has 0 spiro atoms. The largest absolute Gasteiger partial charge is 0.459 e. The number of halogens is 1. The SMILES string of the molecule is CCNC(=NCCc1ccc(NC(=O)OC(C)(C)C)cc1)NCCNC(=O)c1ccco1.I. The molecule has 182 valence electrons. The Morgan fingerprint density at radius 1 is 1.03 bits per heavy atom. The highest BCUT2D eigenvalue weighted by atomic mass is 127. The number of amides is 2. The molecular weight excluding hydrogens is 537 g/mol. The Balaban J connectivity index is 0.00000544. The molecule has 10 heteroatoms. The molecule has 33 heavy (non-hydrogen) atoms. The van der Waals surface area contributed by atoms with Crippen molar-refractivity contribution >= 4 is 47.6 Å². The third-order valence-electron chi connectivity index (χ3n) is 4.06. The van der Waals surface area contributed by atoms with Crippen LogP contribution in [0.15, 0.2) is 52.1 Å². The molecule has 0 radical (unpaired) electrons. The molecule has 1 heterocycles. The van der Waals surface area contributed by atoms with E-state index >= 15 is 0 Å². The number of rotatable bonds is 9. The Kier molecular flexibility index (Phi) is 12.3. The summed E-state index contributed by atoms with van der Waals surface area (Å²) < 4.78 is 10.3. The van der Waals surface area contributed by atoms with Crippen LogP contribution in [0.4, 0.5) is 10.5 Å². The number of hydrogen-bond donors (Lipinski definition) is 4. The van der Waals surface area contributed by atoms with Gasteiger partial charge in [0.25, 0.3) is 5.91 Å². The molecular formula is C23H34IN5O4. The van der Waals surface area contributed by atoms with Gasteiger partial charge in [0.05, 0.1) is 6.26 Å². The third-order valence-corrected chi connectivity index (χ3v) is 4.06. The summed E-state index contributed by atoms with van der Waals surface area (Å²) in [5.74, 6) is 0.726. The quantitative estimate of drug-likeness (QED) is 0.158. The molecule has 1 aromatic carbocycles. The van der Waals surface area contributed by atoms with Crippen molar-refractivity contribution in [1.29, 1.82) is 0 Å². The van der Waals surface area contributed by atoms with Gasteiger partial charge in [-0.2, -0.15) is 0 Å². The summed E-state index contributed by atoms with van der Waals surface area (Å²) in [4.78, 5) is 28.2. The second-order valence-electron chi connectivity index (χ2n) is 7.99. The minimum atomic E-state index is -0.536. The molecule has 0 aliphatic heterocycles. The topological polar surface area (TPSA) is 117 Å². The van der Waals surface area contributed by atoms with Crippen molar-refractivity contribution in [3.8, 4) is 0 Å². The molecule has 1 aromatic heterocycles. The van der Waals surface area contributed by atoms with Gasteiger partial charge in [-0.1, -0.05) is 12.1 Å². The number of guanidine groups is 1. The second kappa shape index (κ2) is 14.4. The van der Waals surface area contributed by atoms with Gasteiger partial charge in [-0.05, 0) is 63.9 Å². The number of aliphatic imine (C=N–C) groups is 1. The van der Waals surface area contributed by atoms with Crippen LogP contribution in [0, 0.1) is 0 Å². The van der Waals surface area contributed by atoms with E-state index in [0.29, 0.717) is 31.3 Å². The molecule has 0 saturated heterocycles. The minimum absolute atomic E-state index is 0. The van der Waals surface area contributed by atoms with Crippen LogP contribution in [0.2, 0.25) is 0 Å². The molecule has 0 bridgehead atoms. The number of hydrogen-bond acceptors (Lipinski definition) is 5. The fourth-order valence-electron chi connectivity index (χ4n) is 2.67. The van der Waals surface area contributed by atoms with E-state index in [1.54, 1.807) is 12.1 Å². The summed E-state index contributed by atoms with van der Waals surface area (Å²) in [6.07, 6.45) is 1.74. The molecule has 9 nitrogen and oxygen atoms in total. The highest BCUT2D eigenvalue weighted by molar-refractivity contribution is 14.0. The van der Waals surface area contributed by atoms with Crippen LogP contribution in [-0.4, -0.2) is 49.7 Å². The Labute approximate surface area is 212 Å². The first-order valence-corrected chi connectivity index (χ1v) is 10.7. The van der Waals surface area contributed by atoms with E-state index in [1.165, 1.54) is 6.26 Å². The molecule has 2 amide bonds. The highest BCUT2D eigenvalue weighted by Gasteiger charge is 2.16. The van der Waals surface area contributed by atoms with Crippen molar-refractivity contribution in [2.45, 2.75) is 39.7 Å². The maximum absolute atomic E-state index is 11.8. The van der Waals surface area contributed by atoms with Crippen LogP contribution in [0.3, 0.4) is 0 Å². The third kappa shape index (κ3) is 11.6. The number of nitrogens with zero attached hydrogens (tertiary/aromatic N) is 1. The number of nitrogens with one attached hydrogen (secondary N) is 4. The number of benzene rings is 1. The first-order chi connectivity index (χ1) is 15.3. The average Bonchev–Trinajstić information content (AvgIpc) is 3.26. The van der Waals surface area contributed by atoms with E-state index in [9.17, 15) is 9.59 Å². The zero-order valence-electron chi connectivity index (χ0n) is 19.6. The summed E-state index contributed by atoms with van der Waals surface area (Å²) >= 11 is 0. The number of ether oxygens (including phenoxy) is 1. The Morgan fingerprint density at radius 2 is 1.73 bits per heavy atom. The summed E-state index contributed by atoms with van der Waals surface area (Å²) in [5, 5.41) is 11.9. The Bertz CT molecular complexity index is 877. The van der Waals surface area contributed by atoms with Crippen LogP contribution >= 0.6 is 24.0 Å². The number of anilines is 1. The van der Waals surface area contributed by atoms with Gasteiger partial charge in [-0.3, -0.25) is 15.1 Å². The summed E-state index contributed by atoms with van der Waals surface area (Å²) in [6.45, 7) is 9.76. The molecule has 2 rings (SSSR count). The molecule has 0 aliphatic carbocycles. The average molecular weight is 571 g/mol. The first kappa shape index (κ1) is 28.3. The van der Waals surface area contributed by atoms with Gasteiger partial charge < -0.3 is 25.1 Å². The van der Waals surface area contributed by atoms with E-state index in [-0.39, 0.29) is 35.6 Å². The lowest BCUT2D eigenvalue weighted by Crippen LogP contribution is -2.41. The van der Waals surface area contributed by atoms with E-state index in [1.807, 2.05) is 52.0 Å². The van der Waals surface area contributed by atoms with Crippen LogP contribution < -0.4 is 21.3 Å². The summed E-state index contributed by atoms with van der Waals surface area (Å²) in [5.41, 5.74) is 1.24. The fraction of sp³-hybridized carbons (Fsp3) is 0.435. The zero-order valence-corrected chi connectivity index (χ0v) is 21.9. The zero-order chi connectivity index (χ0) is 23.4. The fourth-order valence-corrected chi connectivity index (χ4v) is 2.67. The van der Waals surface area contributed by atoms with Gasteiger partial charge in [-0.25, -0.2) is 4.79 Å². The molecule has 0 atom stereocenters. The van der Waals surface area contributed by atoms with Gasteiger partial charge >= 0.3 is 6.09 Å². The minimum Gasteiger partial charge on any atom is -0.459 e. The Morgan fingerprint density at radius 3 is 2.33 bits per heavy atom. The smallest absolute Gasteiger partial charge is 0.412 e. The lowest BCUT2D eigenvalue weighted by Gasteiger charge is -2.19. The van der Waals surface area contributed by atoms with E-state index in [2.05, 4.69) is 26.3 Å². The van der Waals surface area contributed by atoms with Gasteiger partial charge in [0.15, 0.2) is 11.7 Å². The van der Waals surface area contributed by atoms with Gasteiger partial charge in [0.1, 0.15) is 5.60 Å². The van der Waals surface area contributed by atoms with Crippen LogP contribution in [0.5, 0.6) is 0 Å². The lowest BCUT2D eigenvalue weighted by atomic mass is 10.1. The summed E-state index contributed by atoms with van der Waals surface area (Å²) in [6, 6.07) is 10.9. The molecule has 4 N–H and O–H groups in total. The molecule has 2 aromatic rings. The van der Waals surface area contributed by atoms with Crippen LogP contribution in [-0.2, 0) is 11.2 Å². The first-order valence-electron chi connectivity index (χ1n) is 10.7. The number of carbonyl (C=O) groups excluding carboxylic acids is 2. The molecule has 0 fully saturated rings. The van der Waals surface area contributed by atoms with Crippen molar-refractivity contribution in [3.63, 3.8) is 0 Å². The maximum Gasteiger partial charge on any atom is 0.412 e. The van der Waals surface area contributed by atoms with Crippen molar-refractivity contribution in [3.05, 3.63) is 54.0 Å². The lowest BCUT2D eigenvalue weighted by molar-refractivity contribution is 0.0635. The predicted octanol–water partition coefficient (Wildman–Crippen LogP) is 3.77. The van der Waals surface area contributed by atoms with Crippen molar-refractivity contribution in [1.82, 2.24) is 16.0 Å². The van der Waals surface area contributed by atoms with Gasteiger partial charge in [0, 0.05) is 31.9 Å². The van der Waals surface area contributed by atoms with Crippen molar-refractivity contribution in [2.75, 3.05) is 31.5 Å². The van der Waals surface area contributed by atoms with E-state index in [4.69, 9.17) is 9.15 Å². The number of carbonyl (C=O) groups is 2. The Hall–Kier alpha value is -2.76. The van der Waals surface area contributed by atoms with Gasteiger partial charge in [-0.15, -0.1) is 24.0 Å². The van der Waals surface area contributed by atoms with Crippen molar-refractivity contribution in [2.24, 2.45) is 4.99 Å². The van der Waals surface area contributed by atoms with Crippen molar-refractivity contribution < 1.29 is 18.7 Å². The highest BCUT2D eigenvalue weighted by Crippen LogP contribution is 2.13. The molecule has 0 unspecified atom stereocenters. The predicted molar refractivity (Wildman–Crippen MR) is 140 cm³/mol. The standard InChI is InChI=1S/C23H33N5O4.HI/c1-5-24-21(27-15-14-25-20(29)19-7-6-16-31-19)26-13-12-17-8-10-18(11-9-17)28-22(30)32-23(2,3)4;/h6-11,16H,5,12-15H2,1-4H3,(H,25,29)(H,28,30)(H2,24,26,27);1H.